The van der Waals surface area contributed by atoms with Gasteiger partial charge in [0.15, 0.2) is 4.32 Å². The molecular formula is C22H19N3O2S2. The largest absolute Gasteiger partial charge is 0.296 e. The van der Waals surface area contributed by atoms with E-state index in [9.17, 15) is 9.59 Å². The second-order valence-corrected chi connectivity index (χ2v) is 8.51. The number of carbonyl (C=O) groups is 1. The van der Waals surface area contributed by atoms with Gasteiger partial charge in [-0.15, -0.1) is 0 Å². The van der Waals surface area contributed by atoms with Crippen molar-refractivity contribution in [1.82, 2.24) is 9.36 Å². The molecule has 4 rings (SSSR count). The minimum Gasteiger partial charge on any atom is -0.283 e. The molecule has 0 unspecified atom stereocenters. The Hall–Kier alpha value is -2.90. The average molecular weight is 422 g/mol. The molecular weight excluding hydrogens is 402 g/mol. The Morgan fingerprint density at radius 2 is 1.62 bits per heavy atom. The van der Waals surface area contributed by atoms with Crippen molar-refractivity contribution in [2.45, 2.75) is 13.8 Å². The fourth-order valence-corrected chi connectivity index (χ4v) is 4.56. The van der Waals surface area contributed by atoms with Gasteiger partial charge >= 0.3 is 0 Å². The second kappa shape index (κ2) is 7.50. The molecule has 0 aliphatic carbocycles. The lowest BCUT2D eigenvalue weighted by Crippen LogP contribution is -2.33. The number of thiocarbonyl (C=S) groups is 1. The molecule has 1 aliphatic rings. The number of rotatable bonds is 3. The third-order valence-corrected chi connectivity index (χ3v) is 6.22. The van der Waals surface area contributed by atoms with Crippen LogP contribution < -0.4 is 10.5 Å². The minimum absolute atomic E-state index is 0.272. The van der Waals surface area contributed by atoms with Crippen molar-refractivity contribution in [2.75, 3.05) is 4.90 Å². The normalized spacial score (nSPS) is 15.6. The van der Waals surface area contributed by atoms with E-state index in [-0.39, 0.29) is 11.5 Å². The number of aromatic nitrogens is 2. The zero-order chi connectivity index (χ0) is 20.7. The molecule has 1 saturated heterocycles. The van der Waals surface area contributed by atoms with E-state index in [2.05, 4.69) is 0 Å². The smallest absolute Gasteiger partial charge is 0.283 e. The zero-order valence-corrected chi connectivity index (χ0v) is 17.9. The first-order valence-corrected chi connectivity index (χ1v) is 10.3. The van der Waals surface area contributed by atoms with Gasteiger partial charge in [-0.05, 0) is 37.6 Å². The van der Waals surface area contributed by atoms with Gasteiger partial charge in [0.25, 0.3) is 11.5 Å². The summed E-state index contributed by atoms with van der Waals surface area (Å²) in [5, 5.41) is 0. The van der Waals surface area contributed by atoms with Crippen LogP contribution in [0.5, 0.6) is 0 Å². The summed E-state index contributed by atoms with van der Waals surface area (Å²) in [5.74, 6) is -0.272. The summed E-state index contributed by atoms with van der Waals surface area (Å²) in [5.41, 5.74) is 3.50. The van der Waals surface area contributed by atoms with Crippen LogP contribution in [0.25, 0.3) is 11.8 Å². The maximum absolute atomic E-state index is 13.3. The first kappa shape index (κ1) is 19.4. The van der Waals surface area contributed by atoms with E-state index in [0.717, 1.165) is 16.8 Å². The van der Waals surface area contributed by atoms with Crippen LogP contribution >= 0.6 is 24.0 Å². The summed E-state index contributed by atoms with van der Waals surface area (Å²) in [6.07, 6.45) is 1.81. The quantitative estimate of drug-likeness (QED) is 0.470. The monoisotopic (exact) mass is 421 g/mol. The molecule has 2 heterocycles. The molecule has 3 aromatic rings. The Bertz CT molecular complexity index is 1210. The summed E-state index contributed by atoms with van der Waals surface area (Å²) in [7, 11) is 1.80. The molecule has 5 nitrogen and oxygen atoms in total. The first-order valence-electron chi connectivity index (χ1n) is 9.07. The van der Waals surface area contributed by atoms with E-state index in [1.807, 2.05) is 74.5 Å². The highest BCUT2D eigenvalue weighted by Gasteiger charge is 2.37. The van der Waals surface area contributed by atoms with Crippen molar-refractivity contribution < 1.29 is 4.79 Å². The molecule has 1 fully saturated rings. The number of hydrogen-bond donors (Lipinski definition) is 0. The van der Waals surface area contributed by atoms with Crippen LogP contribution in [0.1, 0.15) is 16.8 Å². The summed E-state index contributed by atoms with van der Waals surface area (Å²) >= 11 is 6.69. The zero-order valence-electron chi connectivity index (χ0n) is 16.2. The van der Waals surface area contributed by atoms with Gasteiger partial charge in [-0.1, -0.05) is 72.0 Å². The van der Waals surface area contributed by atoms with E-state index in [4.69, 9.17) is 12.2 Å². The number of hydrogen-bond acceptors (Lipinski definition) is 4. The molecule has 0 saturated carbocycles. The number of thioether (sulfide) groups is 1. The standard InChI is InChI=1S/C22H19N3O2S2/c1-14-9-11-16(12-10-14)13-18-20(26)24(22(28)29-18)19-15(2)23(3)25(21(19)27)17-7-5-4-6-8-17/h4-13H,1-3H3/b18-13+. The van der Waals surface area contributed by atoms with Crippen LogP contribution in [0.4, 0.5) is 5.69 Å². The third-order valence-electron chi connectivity index (χ3n) is 4.92. The van der Waals surface area contributed by atoms with Gasteiger partial charge in [-0.3, -0.25) is 19.2 Å². The number of nitrogens with zero attached hydrogens (tertiary/aromatic N) is 3. The van der Waals surface area contributed by atoms with Gasteiger partial charge in [0, 0.05) is 7.05 Å². The SMILES string of the molecule is Cc1ccc(/C=C2/SC(=S)N(c3c(C)n(C)n(-c4ccccc4)c3=O)C2=O)cc1. The molecule has 146 valence electrons. The molecule has 7 heteroatoms. The lowest BCUT2D eigenvalue weighted by atomic mass is 10.1. The summed E-state index contributed by atoms with van der Waals surface area (Å²) in [6, 6.07) is 17.2. The van der Waals surface area contributed by atoms with Gasteiger partial charge in [-0.25, -0.2) is 4.68 Å². The van der Waals surface area contributed by atoms with Crippen molar-refractivity contribution in [2.24, 2.45) is 7.05 Å². The predicted octanol–water partition coefficient (Wildman–Crippen LogP) is 4.20. The van der Waals surface area contributed by atoms with Gasteiger partial charge in [-0.2, -0.15) is 0 Å². The molecule has 1 amide bonds. The van der Waals surface area contributed by atoms with Crippen molar-refractivity contribution >= 4 is 46.0 Å². The van der Waals surface area contributed by atoms with Crippen molar-refractivity contribution in [1.29, 1.82) is 0 Å². The minimum atomic E-state index is -0.274. The maximum atomic E-state index is 13.3. The fourth-order valence-electron chi connectivity index (χ4n) is 3.29. The molecule has 0 radical (unpaired) electrons. The first-order chi connectivity index (χ1) is 13.9. The van der Waals surface area contributed by atoms with E-state index in [1.165, 1.54) is 16.7 Å². The molecule has 1 aliphatic heterocycles. The predicted molar refractivity (Wildman–Crippen MR) is 123 cm³/mol. The molecule has 0 atom stereocenters. The van der Waals surface area contributed by atoms with Crippen LogP contribution in [0.2, 0.25) is 0 Å². The lowest BCUT2D eigenvalue weighted by Gasteiger charge is -2.12. The Morgan fingerprint density at radius 1 is 0.966 bits per heavy atom. The summed E-state index contributed by atoms with van der Waals surface area (Å²) in [4.78, 5) is 28.3. The highest BCUT2D eigenvalue weighted by atomic mass is 32.2. The lowest BCUT2D eigenvalue weighted by molar-refractivity contribution is -0.113. The van der Waals surface area contributed by atoms with Crippen molar-refractivity contribution in [3.05, 3.63) is 86.7 Å². The van der Waals surface area contributed by atoms with Crippen LogP contribution in [0, 0.1) is 13.8 Å². The van der Waals surface area contributed by atoms with E-state index >= 15 is 0 Å². The number of anilines is 1. The Labute approximate surface area is 178 Å². The number of aryl methyl sites for hydroxylation is 1. The van der Waals surface area contributed by atoms with Crippen LogP contribution in [0.15, 0.2) is 64.3 Å². The van der Waals surface area contributed by atoms with Gasteiger partial charge in [0.05, 0.1) is 16.3 Å². The Morgan fingerprint density at radius 3 is 2.28 bits per heavy atom. The number of benzene rings is 2. The van der Waals surface area contributed by atoms with Gasteiger partial charge < -0.3 is 0 Å². The maximum Gasteiger partial charge on any atom is 0.296 e. The fraction of sp³-hybridized carbons (Fsp3) is 0.136. The average Bonchev–Trinajstić information content (AvgIpc) is 3.10. The molecule has 29 heavy (non-hydrogen) atoms. The topological polar surface area (TPSA) is 47.2 Å². The molecule has 1 aromatic heterocycles. The van der Waals surface area contributed by atoms with Crippen molar-refractivity contribution in [3.63, 3.8) is 0 Å². The van der Waals surface area contributed by atoms with Crippen LogP contribution in [-0.4, -0.2) is 19.6 Å². The number of para-hydroxylation sites is 1. The van der Waals surface area contributed by atoms with E-state index in [1.54, 1.807) is 16.4 Å². The molecule has 2 aromatic carbocycles. The van der Waals surface area contributed by atoms with Crippen LogP contribution in [0.3, 0.4) is 0 Å². The second-order valence-electron chi connectivity index (χ2n) is 6.84. The summed E-state index contributed by atoms with van der Waals surface area (Å²) < 4.78 is 3.65. The molecule has 0 N–H and O–H groups in total. The van der Waals surface area contributed by atoms with Crippen LogP contribution in [-0.2, 0) is 11.8 Å². The van der Waals surface area contributed by atoms with E-state index < -0.39 is 0 Å². The Kier molecular flexibility index (Phi) is 5.02. The summed E-state index contributed by atoms with van der Waals surface area (Å²) in [6.45, 7) is 3.83. The molecule has 0 bridgehead atoms. The van der Waals surface area contributed by atoms with Gasteiger partial charge in [0.2, 0.25) is 0 Å². The van der Waals surface area contributed by atoms with Crippen molar-refractivity contribution in [3.8, 4) is 5.69 Å². The third kappa shape index (κ3) is 3.36. The van der Waals surface area contributed by atoms with E-state index in [0.29, 0.717) is 20.6 Å². The Balaban J connectivity index is 1.78. The molecule has 0 spiro atoms. The highest BCUT2D eigenvalue weighted by Crippen LogP contribution is 2.36. The number of carbonyl (C=O) groups excluding carboxylic acids is 1. The highest BCUT2D eigenvalue weighted by molar-refractivity contribution is 8.27. The number of amides is 1. The van der Waals surface area contributed by atoms with Gasteiger partial charge in [0.1, 0.15) is 5.69 Å².